The molecule has 0 unspecified atom stereocenters. The van der Waals surface area contributed by atoms with Crippen LogP contribution < -0.4 is 5.43 Å². The summed E-state index contributed by atoms with van der Waals surface area (Å²) in [6, 6.07) is 13.9. The maximum absolute atomic E-state index is 12.2. The summed E-state index contributed by atoms with van der Waals surface area (Å²) < 4.78 is 10.1. The van der Waals surface area contributed by atoms with Crippen molar-refractivity contribution in [3.05, 3.63) is 76.3 Å². The molecule has 0 spiro atoms. The highest BCUT2D eigenvalue weighted by Gasteiger charge is 2.12. The SMILES string of the molecule is O=C(OCc1cc(=O)c(O)co1)c1cccc2ccccc12. The van der Waals surface area contributed by atoms with Gasteiger partial charge in [-0.3, -0.25) is 4.79 Å². The van der Waals surface area contributed by atoms with Crippen molar-refractivity contribution in [1.29, 1.82) is 0 Å². The standard InChI is InChI=1S/C17H12O5/c18-15-8-12(21-10-16(15)19)9-22-17(20)14-7-3-5-11-4-1-2-6-13(11)14/h1-8,10,19H,9H2. The fourth-order valence-electron chi connectivity index (χ4n) is 2.14. The van der Waals surface area contributed by atoms with E-state index in [9.17, 15) is 9.59 Å². The Morgan fingerprint density at radius 2 is 1.91 bits per heavy atom. The molecule has 0 aliphatic rings. The average molecular weight is 296 g/mol. The smallest absolute Gasteiger partial charge is 0.339 e. The molecule has 1 N–H and O–H groups in total. The van der Waals surface area contributed by atoms with E-state index in [-0.39, 0.29) is 12.4 Å². The minimum absolute atomic E-state index is 0.163. The third-order valence-electron chi connectivity index (χ3n) is 3.22. The Labute approximate surface area is 125 Å². The second-order valence-electron chi connectivity index (χ2n) is 4.70. The number of rotatable bonds is 3. The maximum atomic E-state index is 12.2. The van der Waals surface area contributed by atoms with E-state index in [1.165, 1.54) is 0 Å². The molecule has 0 bridgehead atoms. The van der Waals surface area contributed by atoms with E-state index in [1.807, 2.05) is 30.3 Å². The minimum atomic E-state index is -0.581. The lowest BCUT2D eigenvalue weighted by atomic mass is 10.1. The molecule has 0 saturated carbocycles. The predicted molar refractivity (Wildman–Crippen MR) is 79.7 cm³/mol. The molecule has 3 aromatic rings. The maximum Gasteiger partial charge on any atom is 0.339 e. The van der Waals surface area contributed by atoms with Crippen molar-refractivity contribution in [2.75, 3.05) is 0 Å². The normalized spacial score (nSPS) is 10.5. The van der Waals surface area contributed by atoms with Crippen LogP contribution in [0, 0.1) is 0 Å². The van der Waals surface area contributed by atoms with Crippen LogP contribution >= 0.6 is 0 Å². The summed E-state index contributed by atoms with van der Waals surface area (Å²) in [6.45, 7) is -0.183. The Bertz CT molecular complexity index is 889. The van der Waals surface area contributed by atoms with Gasteiger partial charge in [0.2, 0.25) is 5.43 Å². The van der Waals surface area contributed by atoms with Crippen molar-refractivity contribution in [1.82, 2.24) is 0 Å². The molecule has 22 heavy (non-hydrogen) atoms. The van der Waals surface area contributed by atoms with Crippen molar-refractivity contribution in [2.45, 2.75) is 6.61 Å². The zero-order chi connectivity index (χ0) is 15.5. The van der Waals surface area contributed by atoms with Crippen LogP contribution in [0.5, 0.6) is 5.75 Å². The molecule has 0 amide bonds. The summed E-state index contributed by atoms with van der Waals surface area (Å²) >= 11 is 0. The molecular formula is C17H12O5. The number of carbonyl (C=O) groups excluding carboxylic acids is 1. The molecule has 0 atom stereocenters. The molecule has 110 valence electrons. The van der Waals surface area contributed by atoms with Gasteiger partial charge in [-0.1, -0.05) is 36.4 Å². The monoisotopic (exact) mass is 296 g/mol. The predicted octanol–water partition coefficient (Wildman–Crippen LogP) is 2.86. The lowest BCUT2D eigenvalue weighted by molar-refractivity contribution is 0.0445. The van der Waals surface area contributed by atoms with Crippen molar-refractivity contribution in [3.8, 4) is 5.75 Å². The molecule has 5 heteroatoms. The molecule has 0 radical (unpaired) electrons. The Morgan fingerprint density at radius 1 is 1.14 bits per heavy atom. The van der Waals surface area contributed by atoms with Gasteiger partial charge >= 0.3 is 5.97 Å². The highest BCUT2D eigenvalue weighted by Crippen LogP contribution is 2.19. The van der Waals surface area contributed by atoms with Crippen molar-refractivity contribution >= 4 is 16.7 Å². The van der Waals surface area contributed by atoms with Gasteiger partial charge in [0.25, 0.3) is 0 Å². The fourth-order valence-corrected chi connectivity index (χ4v) is 2.14. The Kier molecular flexibility index (Phi) is 3.62. The van der Waals surface area contributed by atoms with Crippen LogP contribution in [0.4, 0.5) is 0 Å². The van der Waals surface area contributed by atoms with Crippen LogP contribution in [0.25, 0.3) is 10.8 Å². The van der Waals surface area contributed by atoms with Crippen LogP contribution in [-0.2, 0) is 11.3 Å². The first-order valence-electron chi connectivity index (χ1n) is 6.61. The van der Waals surface area contributed by atoms with Crippen LogP contribution in [0.15, 0.2) is 64.0 Å². The van der Waals surface area contributed by atoms with Crippen molar-refractivity contribution in [2.24, 2.45) is 0 Å². The quantitative estimate of drug-likeness (QED) is 0.752. The highest BCUT2D eigenvalue weighted by atomic mass is 16.5. The Balaban J connectivity index is 1.81. The second kappa shape index (κ2) is 5.73. The summed E-state index contributed by atoms with van der Waals surface area (Å²) in [5, 5.41) is 10.8. The molecule has 0 saturated heterocycles. The average Bonchev–Trinajstić information content (AvgIpc) is 2.55. The number of hydrogen-bond donors (Lipinski definition) is 1. The van der Waals surface area contributed by atoms with E-state index in [1.54, 1.807) is 12.1 Å². The topological polar surface area (TPSA) is 76.7 Å². The molecule has 1 heterocycles. The molecule has 2 aromatic carbocycles. The van der Waals surface area contributed by atoms with Crippen LogP contribution in [0.2, 0.25) is 0 Å². The van der Waals surface area contributed by atoms with E-state index >= 15 is 0 Å². The van der Waals surface area contributed by atoms with Gasteiger partial charge in [-0.15, -0.1) is 0 Å². The van der Waals surface area contributed by atoms with Crippen molar-refractivity contribution < 1.29 is 19.1 Å². The summed E-state index contributed by atoms with van der Waals surface area (Å²) in [5.74, 6) is -0.826. The fraction of sp³-hybridized carbons (Fsp3) is 0.0588. The van der Waals surface area contributed by atoms with E-state index in [2.05, 4.69) is 0 Å². The first kappa shape index (κ1) is 13.9. The van der Waals surface area contributed by atoms with Gasteiger partial charge in [0, 0.05) is 6.07 Å². The first-order chi connectivity index (χ1) is 10.6. The Hall–Kier alpha value is -3.08. The molecule has 3 rings (SSSR count). The van der Waals surface area contributed by atoms with Gasteiger partial charge in [0.15, 0.2) is 5.75 Å². The van der Waals surface area contributed by atoms with Gasteiger partial charge in [-0.25, -0.2) is 4.79 Å². The number of ether oxygens (including phenoxy) is 1. The highest BCUT2D eigenvalue weighted by molar-refractivity contribution is 6.04. The lowest BCUT2D eigenvalue weighted by Gasteiger charge is -2.07. The number of esters is 1. The van der Waals surface area contributed by atoms with Crippen LogP contribution in [0.1, 0.15) is 16.1 Å². The number of aromatic hydroxyl groups is 1. The third kappa shape index (κ3) is 2.69. The summed E-state index contributed by atoms with van der Waals surface area (Å²) in [4.78, 5) is 23.5. The first-order valence-corrected chi connectivity index (χ1v) is 6.61. The van der Waals surface area contributed by atoms with Gasteiger partial charge < -0.3 is 14.3 Å². The van der Waals surface area contributed by atoms with Crippen molar-refractivity contribution in [3.63, 3.8) is 0 Å². The molecule has 0 aliphatic carbocycles. The van der Waals surface area contributed by atoms with E-state index < -0.39 is 17.1 Å². The molecule has 1 aromatic heterocycles. The zero-order valence-electron chi connectivity index (χ0n) is 11.5. The van der Waals surface area contributed by atoms with E-state index in [0.717, 1.165) is 23.1 Å². The third-order valence-corrected chi connectivity index (χ3v) is 3.22. The number of hydrogen-bond acceptors (Lipinski definition) is 5. The van der Waals surface area contributed by atoms with E-state index in [0.29, 0.717) is 5.56 Å². The largest absolute Gasteiger partial charge is 0.502 e. The van der Waals surface area contributed by atoms with Crippen LogP contribution in [0.3, 0.4) is 0 Å². The molecular weight excluding hydrogens is 284 g/mol. The number of carbonyl (C=O) groups is 1. The molecule has 0 aliphatic heterocycles. The lowest BCUT2D eigenvalue weighted by Crippen LogP contribution is -2.07. The second-order valence-corrected chi connectivity index (χ2v) is 4.70. The van der Waals surface area contributed by atoms with Crippen LogP contribution in [-0.4, -0.2) is 11.1 Å². The van der Waals surface area contributed by atoms with Gasteiger partial charge in [-0.2, -0.15) is 0 Å². The molecule has 0 fully saturated rings. The Morgan fingerprint density at radius 3 is 2.73 bits per heavy atom. The summed E-state index contributed by atoms with van der Waals surface area (Å²) in [7, 11) is 0. The number of fused-ring (bicyclic) bond motifs is 1. The minimum Gasteiger partial charge on any atom is -0.502 e. The number of benzene rings is 2. The zero-order valence-corrected chi connectivity index (χ0v) is 11.5. The van der Waals surface area contributed by atoms with Gasteiger partial charge in [-0.05, 0) is 16.8 Å². The summed E-state index contributed by atoms with van der Waals surface area (Å²) in [5.41, 5.74) is -0.137. The molecule has 5 nitrogen and oxygen atoms in total. The summed E-state index contributed by atoms with van der Waals surface area (Å²) in [6.07, 6.45) is 0.920. The van der Waals surface area contributed by atoms with E-state index in [4.69, 9.17) is 14.3 Å². The van der Waals surface area contributed by atoms with Gasteiger partial charge in [0.1, 0.15) is 18.6 Å². The van der Waals surface area contributed by atoms with Gasteiger partial charge in [0.05, 0.1) is 5.56 Å².